The number of carbonyl (C=O) groups excluding carboxylic acids is 1. The van der Waals surface area contributed by atoms with Crippen LogP contribution in [0.4, 0.5) is 5.69 Å². The number of methoxy groups -OCH3 is 1. The van der Waals surface area contributed by atoms with Gasteiger partial charge in [-0.3, -0.25) is 4.79 Å². The number of benzene rings is 1. The lowest BCUT2D eigenvalue weighted by atomic mass is 10.2. The number of nitrogens with one attached hydrogen (secondary N) is 1. The third kappa shape index (κ3) is 3.91. The SMILES string of the molecule is COc1ccc(Cl)c(NC(=O)CCCCl)c1. The summed E-state index contributed by atoms with van der Waals surface area (Å²) >= 11 is 11.4. The topological polar surface area (TPSA) is 38.3 Å². The van der Waals surface area contributed by atoms with Gasteiger partial charge in [-0.1, -0.05) is 11.6 Å². The lowest BCUT2D eigenvalue weighted by molar-refractivity contribution is -0.116. The molecule has 0 aromatic heterocycles. The second-order valence-electron chi connectivity index (χ2n) is 3.19. The molecule has 1 aromatic carbocycles. The molecule has 16 heavy (non-hydrogen) atoms. The molecular weight excluding hydrogens is 249 g/mol. The van der Waals surface area contributed by atoms with Crippen LogP contribution in [-0.2, 0) is 4.79 Å². The summed E-state index contributed by atoms with van der Waals surface area (Å²) in [5.74, 6) is 1.02. The van der Waals surface area contributed by atoms with Gasteiger partial charge < -0.3 is 10.1 Å². The third-order valence-corrected chi connectivity index (χ3v) is 2.58. The van der Waals surface area contributed by atoms with Crippen molar-refractivity contribution < 1.29 is 9.53 Å². The Kier molecular flexibility index (Phi) is 5.43. The highest BCUT2D eigenvalue weighted by atomic mass is 35.5. The third-order valence-electron chi connectivity index (χ3n) is 1.99. The standard InChI is InChI=1S/C11H13Cl2NO2/c1-16-8-4-5-9(13)10(7-8)14-11(15)3-2-6-12/h4-5,7H,2-3,6H2,1H3,(H,14,15). The first kappa shape index (κ1) is 13.1. The smallest absolute Gasteiger partial charge is 0.224 e. The average molecular weight is 262 g/mol. The van der Waals surface area contributed by atoms with Crippen molar-refractivity contribution >= 4 is 34.8 Å². The fraction of sp³-hybridized carbons (Fsp3) is 0.364. The predicted molar refractivity (Wildman–Crippen MR) is 66.6 cm³/mol. The van der Waals surface area contributed by atoms with Crippen molar-refractivity contribution in [1.82, 2.24) is 0 Å². The molecule has 0 saturated carbocycles. The predicted octanol–water partition coefficient (Wildman–Crippen LogP) is 3.31. The van der Waals surface area contributed by atoms with E-state index in [2.05, 4.69) is 5.32 Å². The highest BCUT2D eigenvalue weighted by Gasteiger charge is 2.06. The summed E-state index contributed by atoms with van der Waals surface area (Å²) in [5.41, 5.74) is 0.556. The zero-order valence-electron chi connectivity index (χ0n) is 8.93. The lowest BCUT2D eigenvalue weighted by Gasteiger charge is -2.08. The first-order valence-electron chi connectivity index (χ1n) is 4.86. The van der Waals surface area contributed by atoms with Gasteiger partial charge in [0.1, 0.15) is 5.75 Å². The number of rotatable bonds is 5. The molecule has 0 aliphatic carbocycles. The van der Waals surface area contributed by atoms with Gasteiger partial charge in [-0.05, 0) is 18.6 Å². The van der Waals surface area contributed by atoms with E-state index in [1.165, 1.54) is 0 Å². The summed E-state index contributed by atoms with van der Waals surface area (Å²) in [5, 5.41) is 3.20. The maximum atomic E-state index is 11.5. The van der Waals surface area contributed by atoms with E-state index in [0.29, 0.717) is 35.2 Å². The van der Waals surface area contributed by atoms with Crippen molar-refractivity contribution in [3.8, 4) is 5.75 Å². The van der Waals surface area contributed by atoms with Crippen molar-refractivity contribution in [3.63, 3.8) is 0 Å². The monoisotopic (exact) mass is 261 g/mol. The Morgan fingerprint density at radius 2 is 2.25 bits per heavy atom. The minimum Gasteiger partial charge on any atom is -0.497 e. The Bertz CT molecular complexity index is 369. The second-order valence-corrected chi connectivity index (χ2v) is 3.97. The highest BCUT2D eigenvalue weighted by Crippen LogP contribution is 2.26. The van der Waals surface area contributed by atoms with Gasteiger partial charge in [0.2, 0.25) is 5.91 Å². The van der Waals surface area contributed by atoms with Gasteiger partial charge in [0.25, 0.3) is 0 Å². The van der Waals surface area contributed by atoms with Crippen LogP contribution in [0.2, 0.25) is 5.02 Å². The number of halogens is 2. The van der Waals surface area contributed by atoms with E-state index in [4.69, 9.17) is 27.9 Å². The van der Waals surface area contributed by atoms with Gasteiger partial charge in [0.05, 0.1) is 17.8 Å². The van der Waals surface area contributed by atoms with Crippen molar-refractivity contribution in [2.45, 2.75) is 12.8 Å². The van der Waals surface area contributed by atoms with Crippen LogP contribution in [0.15, 0.2) is 18.2 Å². The largest absolute Gasteiger partial charge is 0.497 e. The molecule has 3 nitrogen and oxygen atoms in total. The molecule has 0 saturated heterocycles. The molecular formula is C11H13Cl2NO2. The van der Waals surface area contributed by atoms with E-state index in [0.717, 1.165) is 0 Å². The molecule has 0 unspecified atom stereocenters. The highest BCUT2D eigenvalue weighted by molar-refractivity contribution is 6.33. The fourth-order valence-electron chi connectivity index (χ4n) is 1.17. The Morgan fingerprint density at radius 1 is 1.50 bits per heavy atom. The molecule has 0 aliphatic heterocycles. The van der Waals surface area contributed by atoms with Gasteiger partial charge in [-0.2, -0.15) is 0 Å². The maximum absolute atomic E-state index is 11.5. The molecule has 0 fully saturated rings. The summed E-state index contributed by atoms with van der Waals surface area (Å²) < 4.78 is 5.04. The number of hydrogen-bond donors (Lipinski definition) is 1. The minimum atomic E-state index is -0.101. The molecule has 0 atom stereocenters. The van der Waals surface area contributed by atoms with Crippen LogP contribution < -0.4 is 10.1 Å². The Hall–Kier alpha value is -0.930. The van der Waals surface area contributed by atoms with Crippen molar-refractivity contribution in [1.29, 1.82) is 0 Å². The molecule has 0 radical (unpaired) electrons. The quantitative estimate of drug-likeness (QED) is 0.827. The lowest BCUT2D eigenvalue weighted by Crippen LogP contribution is -2.11. The molecule has 1 amide bonds. The number of alkyl halides is 1. The van der Waals surface area contributed by atoms with Crippen LogP contribution in [0.3, 0.4) is 0 Å². The van der Waals surface area contributed by atoms with E-state index < -0.39 is 0 Å². The van der Waals surface area contributed by atoms with Crippen LogP contribution in [0, 0.1) is 0 Å². The Balaban J connectivity index is 2.68. The molecule has 1 N–H and O–H groups in total. The average Bonchev–Trinajstić information content (AvgIpc) is 2.29. The van der Waals surface area contributed by atoms with E-state index in [9.17, 15) is 4.79 Å². The molecule has 0 aliphatic rings. The van der Waals surface area contributed by atoms with Crippen LogP contribution in [0.25, 0.3) is 0 Å². The summed E-state index contributed by atoms with van der Waals surface area (Å²) in [6, 6.07) is 5.09. The fourth-order valence-corrected chi connectivity index (χ4v) is 1.47. The van der Waals surface area contributed by atoms with Crippen LogP contribution in [0.5, 0.6) is 5.75 Å². The summed E-state index contributed by atoms with van der Waals surface area (Å²) in [7, 11) is 1.56. The molecule has 0 heterocycles. The molecule has 88 valence electrons. The molecule has 1 aromatic rings. The van der Waals surface area contributed by atoms with Crippen LogP contribution >= 0.6 is 23.2 Å². The molecule has 5 heteroatoms. The molecule has 1 rings (SSSR count). The second kappa shape index (κ2) is 6.61. The van der Waals surface area contributed by atoms with Crippen LogP contribution in [0.1, 0.15) is 12.8 Å². The van der Waals surface area contributed by atoms with Crippen molar-refractivity contribution in [2.24, 2.45) is 0 Å². The van der Waals surface area contributed by atoms with Gasteiger partial charge in [0, 0.05) is 18.4 Å². The Labute approximate surface area is 105 Å². The summed E-state index contributed by atoms with van der Waals surface area (Å²) in [4.78, 5) is 11.5. The maximum Gasteiger partial charge on any atom is 0.224 e. The summed E-state index contributed by atoms with van der Waals surface area (Å²) in [6.45, 7) is 0. The number of carbonyl (C=O) groups is 1. The van der Waals surface area contributed by atoms with E-state index in [1.807, 2.05) is 0 Å². The summed E-state index contributed by atoms with van der Waals surface area (Å²) in [6.07, 6.45) is 1.03. The van der Waals surface area contributed by atoms with E-state index in [1.54, 1.807) is 25.3 Å². The first-order valence-corrected chi connectivity index (χ1v) is 5.78. The van der Waals surface area contributed by atoms with E-state index >= 15 is 0 Å². The number of amides is 1. The van der Waals surface area contributed by atoms with E-state index in [-0.39, 0.29) is 5.91 Å². The van der Waals surface area contributed by atoms with Crippen molar-refractivity contribution in [2.75, 3.05) is 18.3 Å². The number of ether oxygens (including phenoxy) is 1. The van der Waals surface area contributed by atoms with Gasteiger partial charge in [0.15, 0.2) is 0 Å². The minimum absolute atomic E-state index is 0.101. The zero-order valence-corrected chi connectivity index (χ0v) is 10.4. The molecule has 0 spiro atoms. The number of hydrogen-bond acceptors (Lipinski definition) is 2. The Morgan fingerprint density at radius 3 is 2.88 bits per heavy atom. The van der Waals surface area contributed by atoms with Gasteiger partial charge >= 0.3 is 0 Å². The number of anilines is 1. The zero-order chi connectivity index (χ0) is 12.0. The first-order chi connectivity index (χ1) is 7.67. The normalized spacial score (nSPS) is 9.94. The van der Waals surface area contributed by atoms with Gasteiger partial charge in [-0.15, -0.1) is 11.6 Å². The molecule has 0 bridgehead atoms. The van der Waals surface area contributed by atoms with Crippen molar-refractivity contribution in [3.05, 3.63) is 23.2 Å². The van der Waals surface area contributed by atoms with Gasteiger partial charge in [-0.25, -0.2) is 0 Å². The van der Waals surface area contributed by atoms with Crippen LogP contribution in [-0.4, -0.2) is 18.9 Å².